The van der Waals surface area contributed by atoms with Crippen LogP contribution in [0.2, 0.25) is 0 Å². The van der Waals surface area contributed by atoms with E-state index in [1.54, 1.807) is 6.20 Å². The molecule has 0 saturated carbocycles. The molecule has 3 N–H and O–H groups in total. The predicted molar refractivity (Wildman–Crippen MR) is 116 cm³/mol. The van der Waals surface area contributed by atoms with Gasteiger partial charge >= 0.3 is 0 Å². The van der Waals surface area contributed by atoms with Crippen molar-refractivity contribution >= 4 is 23.0 Å². The molecule has 0 saturated heterocycles. The monoisotopic (exact) mass is 382 g/mol. The number of nitrogen functional groups attached to an aromatic ring is 1. The number of nitrogens with one attached hydrogen (secondary N) is 1. The van der Waals surface area contributed by atoms with E-state index in [0.29, 0.717) is 18.5 Å². The number of aromatic nitrogens is 2. The molecule has 0 aliphatic heterocycles. The first kappa shape index (κ1) is 18.6. The van der Waals surface area contributed by atoms with E-state index < -0.39 is 0 Å². The third kappa shape index (κ3) is 4.41. The van der Waals surface area contributed by atoms with Crippen molar-refractivity contribution < 1.29 is 4.79 Å². The van der Waals surface area contributed by atoms with E-state index in [9.17, 15) is 4.79 Å². The average Bonchev–Trinajstić information content (AvgIpc) is 3.21. The normalized spacial score (nSPS) is 13.3. The Morgan fingerprint density at radius 1 is 1.00 bits per heavy atom. The van der Waals surface area contributed by atoms with Crippen LogP contribution in [0.15, 0.2) is 84.6 Å². The molecular weight excluding hydrogens is 360 g/mol. The van der Waals surface area contributed by atoms with Crippen LogP contribution < -0.4 is 11.1 Å². The lowest BCUT2D eigenvalue weighted by Gasteiger charge is -2.09. The van der Waals surface area contributed by atoms with Crippen molar-refractivity contribution in [3.8, 4) is 0 Å². The lowest BCUT2D eigenvalue weighted by atomic mass is 9.99. The third-order valence-electron chi connectivity index (χ3n) is 4.92. The summed E-state index contributed by atoms with van der Waals surface area (Å²) in [6, 6.07) is 21.9. The molecule has 0 radical (unpaired) electrons. The molecule has 0 unspecified atom stereocenters. The van der Waals surface area contributed by atoms with Gasteiger partial charge in [0.05, 0.1) is 5.69 Å². The number of carbonyl (C=O) groups is 1. The molecular formula is C24H22N4O. The van der Waals surface area contributed by atoms with Crippen LogP contribution in [-0.4, -0.2) is 22.4 Å². The fourth-order valence-electron chi connectivity index (χ4n) is 3.47. The number of hydrogen-bond donors (Lipinski definition) is 2. The lowest BCUT2D eigenvalue weighted by Crippen LogP contribution is -2.26. The van der Waals surface area contributed by atoms with Crippen LogP contribution in [-0.2, 0) is 11.2 Å². The Morgan fingerprint density at radius 2 is 1.72 bits per heavy atom. The molecule has 5 heteroatoms. The summed E-state index contributed by atoms with van der Waals surface area (Å²) in [5, 5.41) is 3.06. The highest BCUT2D eigenvalue weighted by molar-refractivity contribution is 6.09. The predicted octanol–water partition coefficient (Wildman–Crippen LogP) is 3.66. The molecule has 5 nitrogen and oxygen atoms in total. The molecule has 144 valence electrons. The van der Waals surface area contributed by atoms with E-state index in [0.717, 1.165) is 28.8 Å². The highest BCUT2D eigenvalue weighted by Gasteiger charge is 2.24. The number of rotatable bonds is 6. The second-order valence-electron chi connectivity index (χ2n) is 6.90. The smallest absolute Gasteiger partial charge is 0.251 e. The van der Waals surface area contributed by atoms with Gasteiger partial charge in [-0.25, -0.2) is 9.97 Å². The van der Waals surface area contributed by atoms with Gasteiger partial charge in [0, 0.05) is 24.7 Å². The highest BCUT2D eigenvalue weighted by Crippen LogP contribution is 2.37. The van der Waals surface area contributed by atoms with Crippen LogP contribution in [0.5, 0.6) is 0 Å². The van der Waals surface area contributed by atoms with Gasteiger partial charge in [-0.15, -0.1) is 0 Å². The maximum Gasteiger partial charge on any atom is 0.251 e. The Balaban J connectivity index is 1.56. The standard InChI is InChI=1S/C24H22N4O/c25-24-27-14-12-22(28-24)19-15-20(18-9-5-2-6-10-18)21(16-19)23(29)26-13-11-17-7-3-1-4-8-17/h1-10,12,14,16H,11,13,15H2,(H,26,29)(H2,25,27,28). The summed E-state index contributed by atoms with van der Waals surface area (Å²) < 4.78 is 0. The average molecular weight is 382 g/mol. The molecule has 1 amide bonds. The van der Waals surface area contributed by atoms with Crippen molar-refractivity contribution in [3.63, 3.8) is 0 Å². The molecule has 2 aromatic carbocycles. The molecule has 1 aromatic heterocycles. The number of benzene rings is 2. The van der Waals surface area contributed by atoms with Crippen molar-refractivity contribution in [2.24, 2.45) is 0 Å². The van der Waals surface area contributed by atoms with E-state index in [1.807, 2.05) is 60.7 Å². The summed E-state index contributed by atoms with van der Waals surface area (Å²) in [4.78, 5) is 21.3. The van der Waals surface area contributed by atoms with E-state index in [-0.39, 0.29) is 11.9 Å². The zero-order valence-corrected chi connectivity index (χ0v) is 16.0. The van der Waals surface area contributed by atoms with Gasteiger partial charge in [0.1, 0.15) is 0 Å². The molecule has 29 heavy (non-hydrogen) atoms. The Bertz CT molecular complexity index is 1070. The summed E-state index contributed by atoms with van der Waals surface area (Å²) >= 11 is 0. The van der Waals surface area contributed by atoms with Gasteiger partial charge in [0.15, 0.2) is 0 Å². The fourth-order valence-corrected chi connectivity index (χ4v) is 3.47. The molecule has 1 aliphatic carbocycles. The van der Waals surface area contributed by atoms with Gasteiger partial charge in [-0.3, -0.25) is 4.79 Å². The highest BCUT2D eigenvalue weighted by atomic mass is 16.1. The number of nitrogens with two attached hydrogens (primary N) is 1. The molecule has 0 bridgehead atoms. The summed E-state index contributed by atoms with van der Waals surface area (Å²) in [5.74, 6) is 0.155. The quantitative estimate of drug-likeness (QED) is 0.682. The maximum atomic E-state index is 13.0. The Kier molecular flexibility index (Phi) is 5.47. The van der Waals surface area contributed by atoms with Crippen molar-refractivity contribution in [1.82, 2.24) is 15.3 Å². The van der Waals surface area contributed by atoms with Crippen molar-refractivity contribution in [2.45, 2.75) is 12.8 Å². The first-order valence-electron chi connectivity index (χ1n) is 9.61. The van der Waals surface area contributed by atoms with Crippen LogP contribution in [0.3, 0.4) is 0 Å². The minimum Gasteiger partial charge on any atom is -0.368 e. The first-order valence-corrected chi connectivity index (χ1v) is 9.61. The zero-order chi connectivity index (χ0) is 20.1. The number of anilines is 1. The summed E-state index contributed by atoms with van der Waals surface area (Å²) in [6.07, 6.45) is 4.97. The van der Waals surface area contributed by atoms with E-state index in [1.165, 1.54) is 5.56 Å². The maximum absolute atomic E-state index is 13.0. The zero-order valence-electron chi connectivity index (χ0n) is 16.0. The minimum absolute atomic E-state index is 0.0724. The van der Waals surface area contributed by atoms with Gasteiger partial charge in [-0.05, 0) is 40.8 Å². The van der Waals surface area contributed by atoms with Gasteiger partial charge in [-0.1, -0.05) is 60.7 Å². The molecule has 4 rings (SSSR count). The van der Waals surface area contributed by atoms with Gasteiger partial charge < -0.3 is 11.1 Å². The topological polar surface area (TPSA) is 80.9 Å². The number of nitrogens with zero attached hydrogens (tertiary/aromatic N) is 2. The molecule has 1 heterocycles. The molecule has 0 spiro atoms. The van der Waals surface area contributed by atoms with Gasteiger partial charge in [-0.2, -0.15) is 0 Å². The Labute approximate surface area is 170 Å². The van der Waals surface area contributed by atoms with Crippen LogP contribution in [0.4, 0.5) is 5.95 Å². The fraction of sp³-hybridized carbons (Fsp3) is 0.125. The molecule has 1 aliphatic rings. The van der Waals surface area contributed by atoms with Crippen LogP contribution in [0.25, 0.3) is 11.1 Å². The van der Waals surface area contributed by atoms with Crippen LogP contribution >= 0.6 is 0 Å². The van der Waals surface area contributed by atoms with Crippen molar-refractivity contribution in [1.29, 1.82) is 0 Å². The number of hydrogen-bond acceptors (Lipinski definition) is 4. The Morgan fingerprint density at radius 3 is 2.45 bits per heavy atom. The van der Waals surface area contributed by atoms with Gasteiger partial charge in [0.2, 0.25) is 5.95 Å². The van der Waals surface area contributed by atoms with Gasteiger partial charge in [0.25, 0.3) is 5.91 Å². The molecule has 3 aromatic rings. The number of amides is 1. The van der Waals surface area contributed by atoms with E-state index >= 15 is 0 Å². The van der Waals surface area contributed by atoms with Crippen molar-refractivity contribution in [3.05, 3.63) is 101 Å². The SMILES string of the molecule is Nc1nccc(C2=CC(C(=O)NCCc3ccccc3)=C(c3ccccc3)C2)n1. The minimum atomic E-state index is -0.0724. The molecule has 0 fully saturated rings. The lowest BCUT2D eigenvalue weighted by molar-refractivity contribution is -0.117. The third-order valence-corrected chi connectivity index (χ3v) is 4.92. The summed E-state index contributed by atoms with van der Waals surface area (Å²) in [5.41, 5.74) is 11.4. The van der Waals surface area contributed by atoms with E-state index in [2.05, 4.69) is 27.4 Å². The largest absolute Gasteiger partial charge is 0.368 e. The van der Waals surface area contributed by atoms with Crippen LogP contribution in [0, 0.1) is 0 Å². The molecule has 0 atom stereocenters. The summed E-state index contributed by atoms with van der Waals surface area (Å²) in [7, 11) is 0. The van der Waals surface area contributed by atoms with Crippen molar-refractivity contribution in [2.75, 3.05) is 12.3 Å². The second-order valence-corrected chi connectivity index (χ2v) is 6.90. The second kappa shape index (κ2) is 8.52. The summed E-state index contributed by atoms with van der Waals surface area (Å²) in [6.45, 7) is 0.581. The van der Waals surface area contributed by atoms with E-state index in [4.69, 9.17) is 5.73 Å². The number of carbonyl (C=O) groups excluding carboxylic acids is 1. The first-order chi connectivity index (χ1) is 14.2. The van der Waals surface area contributed by atoms with Crippen LogP contribution in [0.1, 0.15) is 23.2 Å². The number of allylic oxidation sites excluding steroid dienone is 2. The Hall–Kier alpha value is -3.73.